The van der Waals surface area contributed by atoms with Crippen molar-refractivity contribution in [1.29, 1.82) is 0 Å². The van der Waals surface area contributed by atoms with Crippen molar-refractivity contribution in [3.8, 4) is 0 Å². The first-order chi connectivity index (χ1) is 10.1. The number of aliphatic hydroxyl groups is 1. The van der Waals surface area contributed by atoms with Crippen molar-refractivity contribution in [3.05, 3.63) is 51.3 Å². The van der Waals surface area contributed by atoms with Crippen LogP contribution in [-0.4, -0.2) is 16.6 Å². The predicted octanol–water partition coefficient (Wildman–Crippen LogP) is 3.79. The largest absolute Gasteiger partial charge is 0.396 e. The molecule has 0 spiro atoms. The number of fused-ring (bicyclic) bond motifs is 1. The fourth-order valence-corrected chi connectivity index (χ4v) is 3.23. The highest BCUT2D eigenvalue weighted by Gasteiger charge is 2.11. The van der Waals surface area contributed by atoms with E-state index in [0.717, 1.165) is 26.6 Å². The van der Waals surface area contributed by atoms with E-state index in [0.29, 0.717) is 12.2 Å². The Labute approximate surface area is 134 Å². The summed E-state index contributed by atoms with van der Waals surface area (Å²) in [5, 5.41) is 18.2. The number of nitrogens with two attached hydrogens (primary N) is 1. The van der Waals surface area contributed by atoms with Gasteiger partial charge >= 0.3 is 0 Å². The molecular formula is C15H14BrN3OS. The van der Waals surface area contributed by atoms with Crippen LogP contribution >= 0.6 is 27.3 Å². The van der Waals surface area contributed by atoms with Crippen LogP contribution in [0.2, 0.25) is 0 Å². The first kappa shape index (κ1) is 14.3. The number of aliphatic hydroxyl groups excluding tert-OH is 1. The second kappa shape index (κ2) is 6.01. The lowest BCUT2D eigenvalue weighted by Gasteiger charge is -2.15. The first-order valence-corrected chi connectivity index (χ1v) is 8.16. The van der Waals surface area contributed by atoms with E-state index in [-0.39, 0.29) is 0 Å². The van der Waals surface area contributed by atoms with Gasteiger partial charge < -0.3 is 16.2 Å². The number of nitrogens with zero attached hydrogens (tertiary/aromatic N) is 1. The smallest absolute Gasteiger partial charge is 0.0970 e. The summed E-state index contributed by atoms with van der Waals surface area (Å²) in [7, 11) is 0. The third-order valence-corrected chi connectivity index (χ3v) is 4.45. The van der Waals surface area contributed by atoms with E-state index < -0.39 is 6.10 Å². The van der Waals surface area contributed by atoms with Gasteiger partial charge in [-0.15, -0.1) is 0 Å². The van der Waals surface area contributed by atoms with Crippen LogP contribution in [-0.2, 0) is 0 Å². The summed E-state index contributed by atoms with van der Waals surface area (Å²) in [5.74, 6) is 0. The molecule has 3 aromatic rings. The molecule has 0 saturated heterocycles. The van der Waals surface area contributed by atoms with Crippen molar-refractivity contribution in [2.45, 2.75) is 6.10 Å². The summed E-state index contributed by atoms with van der Waals surface area (Å²) < 4.78 is 0.962. The number of hydrogen-bond donors (Lipinski definition) is 3. The minimum Gasteiger partial charge on any atom is -0.396 e. The fraction of sp³-hybridized carbons (Fsp3) is 0.133. The molecule has 0 bridgehead atoms. The van der Waals surface area contributed by atoms with E-state index in [1.807, 2.05) is 35.0 Å². The summed E-state index contributed by atoms with van der Waals surface area (Å²) in [6.45, 7) is 0.395. The maximum Gasteiger partial charge on any atom is 0.0970 e. The Morgan fingerprint density at radius 3 is 3.00 bits per heavy atom. The zero-order valence-corrected chi connectivity index (χ0v) is 13.5. The second-order valence-corrected chi connectivity index (χ2v) is 6.40. The lowest BCUT2D eigenvalue weighted by molar-refractivity contribution is 0.192. The monoisotopic (exact) mass is 363 g/mol. The Morgan fingerprint density at radius 2 is 2.24 bits per heavy atom. The number of hydrogen-bond acceptors (Lipinski definition) is 5. The van der Waals surface area contributed by atoms with E-state index >= 15 is 0 Å². The van der Waals surface area contributed by atoms with Crippen LogP contribution in [0.25, 0.3) is 10.9 Å². The second-order valence-electron chi connectivity index (χ2n) is 4.70. The van der Waals surface area contributed by atoms with Crippen LogP contribution in [0, 0.1) is 0 Å². The van der Waals surface area contributed by atoms with Crippen LogP contribution in [0.4, 0.5) is 11.4 Å². The van der Waals surface area contributed by atoms with Crippen LogP contribution in [0.3, 0.4) is 0 Å². The molecule has 0 amide bonds. The van der Waals surface area contributed by atoms with Crippen molar-refractivity contribution >= 4 is 49.5 Å². The van der Waals surface area contributed by atoms with Crippen molar-refractivity contribution in [3.63, 3.8) is 0 Å². The van der Waals surface area contributed by atoms with Gasteiger partial charge in [-0.05, 0) is 40.6 Å². The van der Waals surface area contributed by atoms with Crippen LogP contribution in [0.5, 0.6) is 0 Å². The van der Waals surface area contributed by atoms with Gasteiger partial charge in [0.05, 0.1) is 29.2 Å². The van der Waals surface area contributed by atoms with Gasteiger partial charge in [0.15, 0.2) is 0 Å². The standard InChI is InChI=1S/C15H14BrN3OS/c16-10-1-2-13-11(5-10)15(12(17)6-18-13)19-7-14(20)9-3-4-21-8-9/h1-6,8,14,20H,7,17H2,(H,18,19). The first-order valence-electron chi connectivity index (χ1n) is 6.43. The molecule has 0 aliphatic rings. The van der Waals surface area contributed by atoms with Crippen molar-refractivity contribution in [2.75, 3.05) is 17.6 Å². The van der Waals surface area contributed by atoms with E-state index in [9.17, 15) is 5.11 Å². The maximum atomic E-state index is 10.2. The molecule has 21 heavy (non-hydrogen) atoms. The van der Waals surface area contributed by atoms with E-state index in [4.69, 9.17) is 5.73 Å². The summed E-state index contributed by atoms with van der Waals surface area (Å²) >= 11 is 5.03. The summed E-state index contributed by atoms with van der Waals surface area (Å²) in [6.07, 6.45) is 1.07. The van der Waals surface area contributed by atoms with Gasteiger partial charge in [0.1, 0.15) is 0 Å². The van der Waals surface area contributed by atoms with E-state index in [1.165, 1.54) is 0 Å². The molecule has 1 aromatic carbocycles. The number of halogens is 1. The molecule has 0 fully saturated rings. The molecule has 0 saturated carbocycles. The Balaban J connectivity index is 1.89. The zero-order valence-electron chi connectivity index (χ0n) is 11.1. The van der Waals surface area contributed by atoms with Crippen molar-refractivity contribution < 1.29 is 5.11 Å². The average molecular weight is 364 g/mol. The number of nitrogens with one attached hydrogen (secondary N) is 1. The Hall–Kier alpha value is -1.63. The summed E-state index contributed by atoms with van der Waals surface area (Å²) in [5.41, 5.74) is 9.16. The quantitative estimate of drug-likeness (QED) is 0.659. The maximum absolute atomic E-state index is 10.2. The minimum absolute atomic E-state index is 0.395. The zero-order chi connectivity index (χ0) is 14.8. The molecule has 2 aromatic heterocycles. The van der Waals surface area contributed by atoms with E-state index in [1.54, 1.807) is 17.5 Å². The Morgan fingerprint density at radius 1 is 1.38 bits per heavy atom. The number of benzene rings is 1. The highest BCUT2D eigenvalue weighted by atomic mass is 79.9. The topological polar surface area (TPSA) is 71.2 Å². The van der Waals surface area contributed by atoms with Gasteiger partial charge in [-0.25, -0.2) is 0 Å². The number of anilines is 2. The SMILES string of the molecule is Nc1cnc2ccc(Br)cc2c1NCC(O)c1ccsc1. The van der Waals surface area contributed by atoms with Gasteiger partial charge in [0, 0.05) is 16.4 Å². The number of rotatable bonds is 4. The van der Waals surface area contributed by atoms with Gasteiger partial charge in [0.25, 0.3) is 0 Å². The van der Waals surface area contributed by atoms with Crippen LogP contribution in [0.1, 0.15) is 11.7 Å². The summed E-state index contributed by atoms with van der Waals surface area (Å²) in [4.78, 5) is 4.31. The molecule has 3 rings (SSSR count). The van der Waals surface area contributed by atoms with Crippen LogP contribution < -0.4 is 11.1 Å². The van der Waals surface area contributed by atoms with E-state index in [2.05, 4.69) is 26.2 Å². The van der Waals surface area contributed by atoms with Gasteiger partial charge in [-0.2, -0.15) is 11.3 Å². The predicted molar refractivity (Wildman–Crippen MR) is 91.6 cm³/mol. The number of aromatic nitrogens is 1. The normalized spacial score (nSPS) is 12.5. The highest BCUT2D eigenvalue weighted by molar-refractivity contribution is 9.10. The van der Waals surface area contributed by atoms with Crippen molar-refractivity contribution in [1.82, 2.24) is 4.98 Å². The van der Waals surface area contributed by atoms with Gasteiger partial charge in [0.2, 0.25) is 0 Å². The lowest BCUT2D eigenvalue weighted by Crippen LogP contribution is -2.13. The molecule has 4 nitrogen and oxygen atoms in total. The number of nitrogen functional groups attached to an aromatic ring is 1. The third kappa shape index (κ3) is 3.02. The highest BCUT2D eigenvalue weighted by Crippen LogP contribution is 2.30. The molecule has 0 aliphatic heterocycles. The third-order valence-electron chi connectivity index (χ3n) is 3.26. The van der Waals surface area contributed by atoms with Crippen molar-refractivity contribution in [2.24, 2.45) is 0 Å². The lowest BCUT2D eigenvalue weighted by atomic mass is 10.1. The fourth-order valence-electron chi connectivity index (χ4n) is 2.16. The molecule has 0 radical (unpaired) electrons. The van der Waals surface area contributed by atoms with Gasteiger partial charge in [-0.3, -0.25) is 4.98 Å². The van der Waals surface area contributed by atoms with Gasteiger partial charge in [-0.1, -0.05) is 15.9 Å². The number of thiophene rings is 1. The number of pyridine rings is 1. The molecule has 4 N–H and O–H groups in total. The molecule has 6 heteroatoms. The minimum atomic E-state index is -0.564. The Kier molecular flexibility index (Phi) is 4.10. The molecule has 1 atom stereocenters. The Bertz CT molecular complexity index is 756. The summed E-state index contributed by atoms with van der Waals surface area (Å²) in [6, 6.07) is 7.76. The molecule has 0 aliphatic carbocycles. The molecule has 108 valence electrons. The average Bonchev–Trinajstić information content (AvgIpc) is 3.00. The molecule has 2 heterocycles. The van der Waals surface area contributed by atoms with Crippen LogP contribution in [0.15, 0.2) is 45.7 Å². The molecular weight excluding hydrogens is 350 g/mol. The molecule has 1 unspecified atom stereocenters.